The first-order chi connectivity index (χ1) is 7.99. The van der Waals surface area contributed by atoms with E-state index >= 15 is 0 Å². The van der Waals surface area contributed by atoms with Gasteiger partial charge in [0.1, 0.15) is 0 Å². The van der Waals surface area contributed by atoms with E-state index in [-0.39, 0.29) is 6.10 Å². The maximum atomic E-state index is 9.98. The van der Waals surface area contributed by atoms with Crippen LogP contribution >= 0.6 is 0 Å². The van der Waals surface area contributed by atoms with Crippen molar-refractivity contribution in [3.05, 3.63) is 0 Å². The molecule has 0 spiro atoms. The minimum atomic E-state index is -0.250. The molecule has 1 fully saturated rings. The van der Waals surface area contributed by atoms with Crippen molar-refractivity contribution in [1.82, 2.24) is 15.1 Å². The van der Waals surface area contributed by atoms with Gasteiger partial charge in [-0.25, -0.2) is 0 Å². The molecule has 0 amide bonds. The second kappa shape index (κ2) is 7.31. The average molecular weight is 243 g/mol. The van der Waals surface area contributed by atoms with E-state index in [9.17, 15) is 5.11 Å². The molecule has 0 radical (unpaired) electrons. The standard InChI is InChI=1S/C13H29N3O/c1-11(2)7-14-8-13(17)10-16-6-5-15(4)9-12(16)3/h11-14,17H,5-10H2,1-4H3. The van der Waals surface area contributed by atoms with Gasteiger partial charge in [-0.1, -0.05) is 13.8 Å². The van der Waals surface area contributed by atoms with E-state index < -0.39 is 0 Å². The Hall–Kier alpha value is -0.160. The van der Waals surface area contributed by atoms with Crippen molar-refractivity contribution in [3.63, 3.8) is 0 Å². The second-order valence-corrected chi connectivity index (χ2v) is 5.81. The molecule has 1 saturated heterocycles. The Morgan fingerprint density at radius 1 is 1.29 bits per heavy atom. The van der Waals surface area contributed by atoms with Gasteiger partial charge in [0, 0.05) is 38.8 Å². The van der Waals surface area contributed by atoms with Crippen molar-refractivity contribution in [2.75, 3.05) is 46.3 Å². The van der Waals surface area contributed by atoms with Crippen molar-refractivity contribution >= 4 is 0 Å². The largest absolute Gasteiger partial charge is 0.390 e. The molecule has 4 nitrogen and oxygen atoms in total. The molecule has 17 heavy (non-hydrogen) atoms. The molecule has 4 heteroatoms. The van der Waals surface area contributed by atoms with Crippen molar-refractivity contribution in [3.8, 4) is 0 Å². The first kappa shape index (κ1) is 14.9. The zero-order chi connectivity index (χ0) is 12.8. The van der Waals surface area contributed by atoms with Crippen LogP contribution in [0.25, 0.3) is 0 Å². The summed E-state index contributed by atoms with van der Waals surface area (Å²) in [6.45, 7) is 12.4. The minimum absolute atomic E-state index is 0.250. The lowest BCUT2D eigenvalue weighted by Gasteiger charge is -2.39. The highest BCUT2D eigenvalue weighted by Gasteiger charge is 2.23. The Morgan fingerprint density at radius 2 is 2.00 bits per heavy atom. The summed E-state index contributed by atoms with van der Waals surface area (Å²) >= 11 is 0. The molecule has 0 bridgehead atoms. The SMILES string of the molecule is CC(C)CNCC(O)CN1CCN(C)CC1C. The van der Waals surface area contributed by atoms with Gasteiger partial charge in [-0.2, -0.15) is 0 Å². The Bertz CT molecular complexity index is 211. The van der Waals surface area contributed by atoms with Gasteiger partial charge < -0.3 is 15.3 Å². The Kier molecular flexibility index (Phi) is 6.41. The third-order valence-electron chi connectivity index (χ3n) is 3.35. The van der Waals surface area contributed by atoms with E-state index in [1.807, 2.05) is 0 Å². The third kappa shape index (κ3) is 5.82. The zero-order valence-electron chi connectivity index (χ0n) is 11.8. The van der Waals surface area contributed by atoms with E-state index in [1.165, 1.54) is 0 Å². The zero-order valence-corrected chi connectivity index (χ0v) is 11.8. The minimum Gasteiger partial charge on any atom is -0.390 e. The van der Waals surface area contributed by atoms with Gasteiger partial charge in [-0.15, -0.1) is 0 Å². The van der Waals surface area contributed by atoms with E-state index in [4.69, 9.17) is 0 Å². The van der Waals surface area contributed by atoms with Gasteiger partial charge in [-0.05, 0) is 26.4 Å². The number of aliphatic hydroxyl groups is 1. The fraction of sp³-hybridized carbons (Fsp3) is 1.00. The van der Waals surface area contributed by atoms with Crippen molar-refractivity contribution < 1.29 is 5.11 Å². The summed E-state index contributed by atoms with van der Waals surface area (Å²) in [6.07, 6.45) is -0.250. The fourth-order valence-corrected chi connectivity index (χ4v) is 2.32. The van der Waals surface area contributed by atoms with Gasteiger partial charge in [0.25, 0.3) is 0 Å². The summed E-state index contributed by atoms with van der Waals surface area (Å²) in [5, 5.41) is 13.3. The number of rotatable bonds is 6. The maximum Gasteiger partial charge on any atom is 0.0791 e. The number of hydrogen-bond acceptors (Lipinski definition) is 4. The molecule has 2 atom stereocenters. The number of likely N-dealkylation sites (N-methyl/N-ethyl adjacent to an activating group) is 1. The number of piperazine rings is 1. The molecule has 1 aliphatic rings. The molecule has 0 aromatic heterocycles. The summed E-state index contributed by atoms with van der Waals surface area (Å²) in [7, 11) is 2.16. The predicted molar refractivity (Wildman–Crippen MR) is 72.2 cm³/mol. The molecule has 2 unspecified atom stereocenters. The molecule has 0 aromatic carbocycles. The van der Waals surface area contributed by atoms with Crippen LogP contribution in [-0.2, 0) is 0 Å². The van der Waals surface area contributed by atoms with Crippen molar-refractivity contribution in [2.24, 2.45) is 5.92 Å². The summed E-state index contributed by atoms with van der Waals surface area (Å²) in [6, 6.07) is 0.550. The van der Waals surface area contributed by atoms with Gasteiger partial charge >= 0.3 is 0 Å². The molecule has 1 aliphatic heterocycles. The quantitative estimate of drug-likeness (QED) is 0.700. The summed E-state index contributed by atoms with van der Waals surface area (Å²) in [5.41, 5.74) is 0. The summed E-state index contributed by atoms with van der Waals surface area (Å²) in [5.74, 6) is 0.643. The Morgan fingerprint density at radius 3 is 2.59 bits per heavy atom. The highest BCUT2D eigenvalue weighted by Crippen LogP contribution is 2.08. The van der Waals surface area contributed by atoms with Crippen LogP contribution in [0.2, 0.25) is 0 Å². The van der Waals surface area contributed by atoms with Crippen LogP contribution in [0.4, 0.5) is 0 Å². The van der Waals surface area contributed by atoms with E-state index in [1.54, 1.807) is 0 Å². The molecule has 0 aliphatic carbocycles. The van der Waals surface area contributed by atoms with Crippen LogP contribution in [0.5, 0.6) is 0 Å². The average Bonchev–Trinajstić information content (AvgIpc) is 2.21. The number of β-amino-alcohol motifs (C(OH)–C–C–N with tert-alkyl or cyclic N) is 1. The molecule has 1 rings (SSSR count). The molecule has 102 valence electrons. The number of nitrogens with zero attached hydrogens (tertiary/aromatic N) is 2. The monoisotopic (exact) mass is 243 g/mol. The van der Waals surface area contributed by atoms with E-state index in [0.717, 1.165) is 32.7 Å². The van der Waals surface area contributed by atoms with E-state index in [2.05, 4.69) is 42.9 Å². The molecule has 1 heterocycles. The Balaban J connectivity index is 2.19. The van der Waals surface area contributed by atoms with Gasteiger partial charge in [0.2, 0.25) is 0 Å². The summed E-state index contributed by atoms with van der Waals surface area (Å²) in [4.78, 5) is 4.74. The lowest BCUT2D eigenvalue weighted by atomic mass is 10.1. The van der Waals surface area contributed by atoms with Gasteiger partial charge in [0.15, 0.2) is 0 Å². The summed E-state index contributed by atoms with van der Waals surface area (Å²) < 4.78 is 0. The second-order valence-electron chi connectivity index (χ2n) is 5.81. The van der Waals surface area contributed by atoms with Crippen LogP contribution in [-0.4, -0.2) is 73.4 Å². The number of aliphatic hydroxyl groups excluding tert-OH is 1. The normalized spacial score (nSPS) is 25.4. The van der Waals surface area contributed by atoms with Gasteiger partial charge in [0.05, 0.1) is 6.10 Å². The molecular formula is C13H29N3O. The Labute approximate surface area is 106 Å². The molecule has 2 N–H and O–H groups in total. The molecule has 0 saturated carbocycles. The maximum absolute atomic E-state index is 9.98. The van der Waals surface area contributed by atoms with Crippen LogP contribution in [0, 0.1) is 5.92 Å². The predicted octanol–water partition coefficient (Wildman–Crippen LogP) is 0.229. The van der Waals surface area contributed by atoms with Crippen molar-refractivity contribution in [2.45, 2.75) is 32.9 Å². The first-order valence-electron chi connectivity index (χ1n) is 6.80. The molecular weight excluding hydrogens is 214 g/mol. The smallest absolute Gasteiger partial charge is 0.0791 e. The lowest BCUT2D eigenvalue weighted by Crippen LogP contribution is -2.53. The van der Waals surface area contributed by atoms with Crippen LogP contribution in [0.1, 0.15) is 20.8 Å². The van der Waals surface area contributed by atoms with Crippen molar-refractivity contribution in [1.29, 1.82) is 0 Å². The number of nitrogens with one attached hydrogen (secondary N) is 1. The highest BCUT2D eigenvalue weighted by molar-refractivity contribution is 4.79. The highest BCUT2D eigenvalue weighted by atomic mass is 16.3. The lowest BCUT2D eigenvalue weighted by molar-refractivity contribution is 0.0477. The first-order valence-corrected chi connectivity index (χ1v) is 6.80. The topological polar surface area (TPSA) is 38.7 Å². The van der Waals surface area contributed by atoms with Gasteiger partial charge in [-0.3, -0.25) is 4.90 Å². The van der Waals surface area contributed by atoms with Crippen LogP contribution in [0.3, 0.4) is 0 Å². The van der Waals surface area contributed by atoms with Crippen LogP contribution in [0.15, 0.2) is 0 Å². The number of hydrogen-bond donors (Lipinski definition) is 2. The van der Waals surface area contributed by atoms with Crippen LogP contribution < -0.4 is 5.32 Å². The molecule has 0 aromatic rings. The fourth-order valence-electron chi connectivity index (χ4n) is 2.32. The van der Waals surface area contributed by atoms with E-state index in [0.29, 0.717) is 18.5 Å². The third-order valence-corrected chi connectivity index (χ3v) is 3.35.